The highest BCUT2D eigenvalue weighted by Gasteiger charge is 2.11. The van der Waals surface area contributed by atoms with Crippen molar-refractivity contribution in [3.05, 3.63) is 0 Å². The SMILES string of the molecule is CC[C@@H](N)C(=O)NCC(C)COC. The normalized spacial score (nSPS) is 15.1. The van der Waals surface area contributed by atoms with Gasteiger partial charge >= 0.3 is 0 Å². The summed E-state index contributed by atoms with van der Waals surface area (Å²) in [6.45, 7) is 5.19. The van der Waals surface area contributed by atoms with Crippen molar-refractivity contribution in [1.29, 1.82) is 0 Å². The van der Waals surface area contributed by atoms with Gasteiger partial charge in [0.05, 0.1) is 12.6 Å². The number of ether oxygens (including phenoxy) is 1. The minimum atomic E-state index is -0.380. The second kappa shape index (κ2) is 6.86. The topological polar surface area (TPSA) is 64.4 Å². The largest absolute Gasteiger partial charge is 0.384 e. The van der Waals surface area contributed by atoms with E-state index in [0.717, 1.165) is 0 Å². The molecule has 0 aliphatic heterocycles. The van der Waals surface area contributed by atoms with Crippen molar-refractivity contribution < 1.29 is 9.53 Å². The third-order valence-corrected chi connectivity index (χ3v) is 1.85. The van der Waals surface area contributed by atoms with Crippen molar-refractivity contribution in [3.63, 3.8) is 0 Å². The molecule has 0 aromatic carbocycles. The number of rotatable bonds is 6. The Hall–Kier alpha value is -0.610. The molecular formula is C9H20N2O2. The van der Waals surface area contributed by atoms with E-state index in [2.05, 4.69) is 5.32 Å². The van der Waals surface area contributed by atoms with Crippen LogP contribution in [-0.4, -0.2) is 32.2 Å². The van der Waals surface area contributed by atoms with E-state index in [1.807, 2.05) is 13.8 Å². The van der Waals surface area contributed by atoms with E-state index in [9.17, 15) is 4.79 Å². The average molecular weight is 188 g/mol. The van der Waals surface area contributed by atoms with Gasteiger partial charge in [-0.1, -0.05) is 13.8 Å². The maximum Gasteiger partial charge on any atom is 0.236 e. The molecule has 0 rings (SSSR count). The maximum absolute atomic E-state index is 11.2. The molecule has 1 amide bonds. The van der Waals surface area contributed by atoms with E-state index >= 15 is 0 Å². The number of carbonyl (C=O) groups excluding carboxylic acids is 1. The zero-order chi connectivity index (χ0) is 10.3. The van der Waals surface area contributed by atoms with Crippen LogP contribution in [0.5, 0.6) is 0 Å². The van der Waals surface area contributed by atoms with Crippen LogP contribution in [0.4, 0.5) is 0 Å². The Kier molecular flexibility index (Phi) is 6.54. The highest BCUT2D eigenvalue weighted by Crippen LogP contribution is 1.93. The first-order chi connectivity index (χ1) is 6.11. The van der Waals surface area contributed by atoms with Gasteiger partial charge < -0.3 is 15.8 Å². The summed E-state index contributed by atoms with van der Waals surface area (Å²) in [6, 6.07) is -0.380. The Morgan fingerprint density at radius 1 is 1.62 bits per heavy atom. The van der Waals surface area contributed by atoms with Crippen molar-refractivity contribution in [1.82, 2.24) is 5.32 Å². The van der Waals surface area contributed by atoms with Crippen molar-refractivity contribution in [2.75, 3.05) is 20.3 Å². The summed E-state index contributed by atoms with van der Waals surface area (Å²) in [5.41, 5.74) is 5.53. The zero-order valence-electron chi connectivity index (χ0n) is 8.67. The summed E-state index contributed by atoms with van der Waals surface area (Å²) in [4.78, 5) is 11.2. The van der Waals surface area contributed by atoms with Crippen LogP contribution in [-0.2, 0) is 9.53 Å². The second-order valence-corrected chi connectivity index (χ2v) is 3.32. The van der Waals surface area contributed by atoms with E-state index in [0.29, 0.717) is 25.5 Å². The van der Waals surface area contributed by atoms with E-state index in [-0.39, 0.29) is 11.9 Å². The van der Waals surface area contributed by atoms with Crippen LogP contribution in [0, 0.1) is 5.92 Å². The van der Waals surface area contributed by atoms with E-state index in [1.54, 1.807) is 7.11 Å². The predicted octanol–water partition coefficient (Wildman–Crippen LogP) is 0.122. The molecule has 0 aliphatic carbocycles. The molecule has 0 fully saturated rings. The van der Waals surface area contributed by atoms with E-state index in [1.165, 1.54) is 0 Å². The average Bonchev–Trinajstić information content (AvgIpc) is 2.13. The molecule has 3 N–H and O–H groups in total. The molecule has 0 saturated carbocycles. The first-order valence-electron chi connectivity index (χ1n) is 4.64. The van der Waals surface area contributed by atoms with Gasteiger partial charge in [0, 0.05) is 13.7 Å². The number of hydrogen-bond acceptors (Lipinski definition) is 3. The van der Waals surface area contributed by atoms with Gasteiger partial charge in [0.1, 0.15) is 0 Å². The molecular weight excluding hydrogens is 168 g/mol. The molecule has 0 saturated heterocycles. The van der Waals surface area contributed by atoms with Crippen LogP contribution in [0.1, 0.15) is 20.3 Å². The van der Waals surface area contributed by atoms with Gasteiger partial charge in [-0.25, -0.2) is 0 Å². The van der Waals surface area contributed by atoms with Gasteiger partial charge in [-0.2, -0.15) is 0 Å². The lowest BCUT2D eigenvalue weighted by Crippen LogP contribution is -2.42. The van der Waals surface area contributed by atoms with Crippen LogP contribution in [0.25, 0.3) is 0 Å². The Labute approximate surface area is 79.8 Å². The fraction of sp³-hybridized carbons (Fsp3) is 0.889. The minimum Gasteiger partial charge on any atom is -0.384 e. The summed E-state index contributed by atoms with van der Waals surface area (Å²) in [7, 11) is 1.65. The smallest absolute Gasteiger partial charge is 0.236 e. The molecule has 0 aromatic heterocycles. The van der Waals surface area contributed by atoms with Crippen LogP contribution in [0.3, 0.4) is 0 Å². The van der Waals surface area contributed by atoms with E-state index < -0.39 is 0 Å². The van der Waals surface area contributed by atoms with Crippen LogP contribution in [0.15, 0.2) is 0 Å². The molecule has 0 aromatic rings. The molecule has 0 spiro atoms. The lowest BCUT2D eigenvalue weighted by molar-refractivity contribution is -0.122. The summed E-state index contributed by atoms with van der Waals surface area (Å²) < 4.78 is 4.94. The number of nitrogens with two attached hydrogens (primary N) is 1. The molecule has 2 atom stereocenters. The zero-order valence-corrected chi connectivity index (χ0v) is 8.67. The number of carbonyl (C=O) groups is 1. The minimum absolute atomic E-state index is 0.0783. The first-order valence-corrected chi connectivity index (χ1v) is 4.64. The van der Waals surface area contributed by atoms with Gasteiger partial charge in [0.25, 0.3) is 0 Å². The number of nitrogens with one attached hydrogen (secondary N) is 1. The van der Waals surface area contributed by atoms with Gasteiger partial charge in [-0.05, 0) is 12.3 Å². The first kappa shape index (κ1) is 12.4. The second-order valence-electron chi connectivity index (χ2n) is 3.32. The summed E-state index contributed by atoms with van der Waals surface area (Å²) in [5, 5.41) is 2.77. The summed E-state index contributed by atoms with van der Waals surface area (Å²) in [6.07, 6.45) is 0.671. The summed E-state index contributed by atoms with van der Waals surface area (Å²) in [5.74, 6) is 0.253. The van der Waals surface area contributed by atoms with Crippen LogP contribution >= 0.6 is 0 Å². The quantitative estimate of drug-likeness (QED) is 0.622. The third kappa shape index (κ3) is 5.60. The molecule has 13 heavy (non-hydrogen) atoms. The Morgan fingerprint density at radius 3 is 2.69 bits per heavy atom. The Bertz CT molecular complexity index is 151. The van der Waals surface area contributed by atoms with Crippen molar-refractivity contribution >= 4 is 5.91 Å². The fourth-order valence-corrected chi connectivity index (χ4v) is 0.935. The monoisotopic (exact) mass is 188 g/mol. The van der Waals surface area contributed by atoms with Gasteiger partial charge in [-0.15, -0.1) is 0 Å². The van der Waals surface area contributed by atoms with Gasteiger partial charge in [-0.3, -0.25) is 4.79 Å². The molecule has 0 radical (unpaired) electrons. The molecule has 0 aliphatic rings. The fourth-order valence-electron chi connectivity index (χ4n) is 0.935. The standard InChI is InChI=1S/C9H20N2O2/c1-4-8(10)9(12)11-5-7(2)6-13-3/h7-8H,4-6,10H2,1-3H3,(H,11,12)/t7?,8-/m1/s1. The summed E-state index contributed by atoms with van der Waals surface area (Å²) >= 11 is 0. The molecule has 78 valence electrons. The van der Waals surface area contributed by atoms with Crippen LogP contribution in [0.2, 0.25) is 0 Å². The molecule has 0 heterocycles. The Morgan fingerprint density at radius 2 is 2.23 bits per heavy atom. The highest BCUT2D eigenvalue weighted by atomic mass is 16.5. The number of methoxy groups -OCH3 is 1. The van der Waals surface area contributed by atoms with Crippen molar-refractivity contribution in [2.45, 2.75) is 26.3 Å². The molecule has 1 unspecified atom stereocenters. The van der Waals surface area contributed by atoms with Crippen molar-refractivity contribution in [3.8, 4) is 0 Å². The molecule has 4 heteroatoms. The van der Waals surface area contributed by atoms with Gasteiger partial charge in [0.2, 0.25) is 5.91 Å². The lowest BCUT2D eigenvalue weighted by Gasteiger charge is -2.13. The lowest BCUT2D eigenvalue weighted by atomic mass is 10.2. The van der Waals surface area contributed by atoms with E-state index in [4.69, 9.17) is 10.5 Å². The molecule has 0 bridgehead atoms. The third-order valence-electron chi connectivity index (χ3n) is 1.85. The van der Waals surface area contributed by atoms with Crippen molar-refractivity contribution in [2.24, 2.45) is 11.7 Å². The predicted molar refractivity (Wildman–Crippen MR) is 52.3 cm³/mol. The number of hydrogen-bond donors (Lipinski definition) is 2. The van der Waals surface area contributed by atoms with Gasteiger partial charge in [0.15, 0.2) is 0 Å². The maximum atomic E-state index is 11.2. The van der Waals surface area contributed by atoms with Crippen LogP contribution < -0.4 is 11.1 Å². The molecule has 4 nitrogen and oxygen atoms in total. The Balaban J connectivity index is 3.57. The highest BCUT2D eigenvalue weighted by molar-refractivity contribution is 5.81. The number of amides is 1.